The van der Waals surface area contributed by atoms with Gasteiger partial charge in [0.15, 0.2) is 5.78 Å². The zero-order valence-electron chi connectivity index (χ0n) is 12.0. The summed E-state index contributed by atoms with van der Waals surface area (Å²) in [6.07, 6.45) is 0. The molecule has 0 aliphatic heterocycles. The Bertz CT molecular complexity index is 603. The van der Waals surface area contributed by atoms with Crippen molar-refractivity contribution in [1.82, 2.24) is 0 Å². The summed E-state index contributed by atoms with van der Waals surface area (Å²) in [5, 5.41) is 0. The molecule has 2 nitrogen and oxygen atoms in total. The SMILES string of the molecule is COc1ccc(C)cc1CSc1ccc(C(C)=O)cc1. The third kappa shape index (κ3) is 3.64. The number of Topliss-reactive ketones (excluding diaryl/α,β-unsaturated/α-hetero) is 1. The molecular weight excluding hydrogens is 268 g/mol. The van der Waals surface area contributed by atoms with Crippen LogP contribution in [0.2, 0.25) is 0 Å². The Morgan fingerprint density at radius 2 is 1.85 bits per heavy atom. The molecule has 0 heterocycles. The van der Waals surface area contributed by atoms with Crippen LogP contribution in [0.3, 0.4) is 0 Å². The normalized spacial score (nSPS) is 10.3. The van der Waals surface area contributed by atoms with Gasteiger partial charge in [0.25, 0.3) is 0 Å². The van der Waals surface area contributed by atoms with Gasteiger partial charge in [-0.05, 0) is 32.0 Å². The second-order valence-electron chi connectivity index (χ2n) is 4.68. The van der Waals surface area contributed by atoms with Crippen molar-refractivity contribution in [2.75, 3.05) is 7.11 Å². The molecule has 0 bridgehead atoms. The molecule has 0 N–H and O–H groups in total. The highest BCUT2D eigenvalue weighted by Crippen LogP contribution is 2.28. The first-order chi connectivity index (χ1) is 9.60. The summed E-state index contributed by atoms with van der Waals surface area (Å²) in [7, 11) is 1.69. The fourth-order valence-corrected chi connectivity index (χ4v) is 2.84. The molecule has 3 heteroatoms. The number of hydrogen-bond donors (Lipinski definition) is 0. The highest BCUT2D eigenvalue weighted by Gasteiger charge is 2.05. The number of aryl methyl sites for hydroxylation is 1. The number of rotatable bonds is 5. The van der Waals surface area contributed by atoms with Gasteiger partial charge in [-0.25, -0.2) is 0 Å². The molecule has 0 radical (unpaired) electrons. The largest absolute Gasteiger partial charge is 0.496 e. The van der Waals surface area contributed by atoms with Crippen molar-refractivity contribution in [3.8, 4) is 5.75 Å². The first kappa shape index (κ1) is 14.7. The Balaban J connectivity index is 2.08. The smallest absolute Gasteiger partial charge is 0.159 e. The number of carbonyl (C=O) groups is 1. The van der Waals surface area contributed by atoms with Gasteiger partial charge in [-0.3, -0.25) is 4.79 Å². The first-order valence-electron chi connectivity index (χ1n) is 6.47. The molecule has 0 unspecified atom stereocenters. The molecule has 0 saturated carbocycles. The van der Waals surface area contributed by atoms with E-state index in [9.17, 15) is 4.79 Å². The van der Waals surface area contributed by atoms with Gasteiger partial charge in [0.05, 0.1) is 7.11 Å². The molecule has 0 atom stereocenters. The minimum atomic E-state index is 0.0990. The quantitative estimate of drug-likeness (QED) is 0.598. The van der Waals surface area contributed by atoms with E-state index >= 15 is 0 Å². The predicted molar refractivity (Wildman–Crippen MR) is 83.7 cm³/mol. The molecule has 0 saturated heterocycles. The number of carbonyl (C=O) groups excluding carboxylic acids is 1. The van der Waals surface area contributed by atoms with Crippen molar-refractivity contribution in [3.63, 3.8) is 0 Å². The van der Waals surface area contributed by atoms with Gasteiger partial charge in [-0.2, -0.15) is 0 Å². The molecular formula is C17H18O2S. The summed E-state index contributed by atoms with van der Waals surface area (Å²) in [6.45, 7) is 3.66. The predicted octanol–water partition coefficient (Wildman–Crippen LogP) is 4.50. The fraction of sp³-hybridized carbons (Fsp3) is 0.235. The molecule has 0 amide bonds. The van der Waals surface area contributed by atoms with Crippen LogP contribution in [0.1, 0.15) is 28.4 Å². The standard InChI is InChI=1S/C17H18O2S/c1-12-4-9-17(19-3)15(10-12)11-20-16-7-5-14(6-8-16)13(2)18/h4-10H,11H2,1-3H3. The number of hydrogen-bond acceptors (Lipinski definition) is 3. The van der Waals surface area contributed by atoms with E-state index in [-0.39, 0.29) is 5.78 Å². The van der Waals surface area contributed by atoms with Crippen LogP contribution < -0.4 is 4.74 Å². The summed E-state index contributed by atoms with van der Waals surface area (Å²) in [6, 6.07) is 13.9. The average Bonchev–Trinajstić information content (AvgIpc) is 2.45. The van der Waals surface area contributed by atoms with Crippen molar-refractivity contribution in [2.45, 2.75) is 24.5 Å². The Hall–Kier alpha value is -1.74. The van der Waals surface area contributed by atoms with E-state index in [1.807, 2.05) is 30.3 Å². The van der Waals surface area contributed by atoms with E-state index in [4.69, 9.17) is 4.74 Å². The minimum absolute atomic E-state index is 0.0990. The Morgan fingerprint density at radius 3 is 2.45 bits per heavy atom. The van der Waals surface area contributed by atoms with Crippen LogP contribution in [0.15, 0.2) is 47.4 Å². The maximum absolute atomic E-state index is 11.2. The second-order valence-corrected chi connectivity index (χ2v) is 5.73. The van der Waals surface area contributed by atoms with Crippen LogP contribution in [0.4, 0.5) is 0 Å². The van der Waals surface area contributed by atoms with E-state index in [0.717, 1.165) is 22.0 Å². The van der Waals surface area contributed by atoms with Crippen molar-refractivity contribution >= 4 is 17.5 Å². The fourth-order valence-electron chi connectivity index (χ4n) is 1.97. The van der Waals surface area contributed by atoms with Crippen LogP contribution in [0, 0.1) is 6.92 Å². The van der Waals surface area contributed by atoms with Crippen molar-refractivity contribution in [1.29, 1.82) is 0 Å². The number of methoxy groups -OCH3 is 1. The van der Waals surface area contributed by atoms with Gasteiger partial charge in [-0.1, -0.05) is 29.8 Å². The van der Waals surface area contributed by atoms with Crippen LogP contribution in [0.25, 0.3) is 0 Å². The van der Waals surface area contributed by atoms with E-state index in [2.05, 4.69) is 19.1 Å². The second kappa shape index (κ2) is 6.62. The molecule has 0 aliphatic rings. The Morgan fingerprint density at radius 1 is 1.15 bits per heavy atom. The van der Waals surface area contributed by atoms with Crippen LogP contribution in [-0.4, -0.2) is 12.9 Å². The van der Waals surface area contributed by atoms with E-state index in [1.165, 1.54) is 11.1 Å². The lowest BCUT2D eigenvalue weighted by Crippen LogP contribution is -1.92. The maximum Gasteiger partial charge on any atom is 0.159 e. The van der Waals surface area contributed by atoms with Crippen LogP contribution >= 0.6 is 11.8 Å². The van der Waals surface area contributed by atoms with Crippen molar-refractivity contribution in [2.24, 2.45) is 0 Å². The summed E-state index contributed by atoms with van der Waals surface area (Å²) in [5.74, 6) is 1.87. The highest BCUT2D eigenvalue weighted by molar-refractivity contribution is 7.98. The van der Waals surface area contributed by atoms with E-state index in [0.29, 0.717) is 0 Å². The lowest BCUT2D eigenvalue weighted by Gasteiger charge is -2.09. The monoisotopic (exact) mass is 286 g/mol. The number of ketones is 1. The van der Waals surface area contributed by atoms with Gasteiger partial charge in [0.2, 0.25) is 0 Å². The lowest BCUT2D eigenvalue weighted by molar-refractivity contribution is 0.101. The molecule has 104 valence electrons. The van der Waals surface area contributed by atoms with Crippen LogP contribution in [-0.2, 0) is 5.75 Å². The zero-order valence-corrected chi connectivity index (χ0v) is 12.8. The lowest BCUT2D eigenvalue weighted by atomic mass is 10.1. The number of ether oxygens (including phenoxy) is 1. The highest BCUT2D eigenvalue weighted by atomic mass is 32.2. The van der Waals surface area contributed by atoms with E-state index in [1.54, 1.807) is 25.8 Å². The number of benzene rings is 2. The van der Waals surface area contributed by atoms with Crippen LogP contribution in [0.5, 0.6) is 5.75 Å². The Kier molecular flexibility index (Phi) is 4.85. The molecule has 0 aromatic heterocycles. The van der Waals surface area contributed by atoms with E-state index < -0.39 is 0 Å². The van der Waals surface area contributed by atoms with Gasteiger partial charge >= 0.3 is 0 Å². The van der Waals surface area contributed by atoms with Gasteiger partial charge in [-0.15, -0.1) is 11.8 Å². The summed E-state index contributed by atoms with van der Waals surface area (Å²) in [4.78, 5) is 12.4. The molecule has 0 spiro atoms. The van der Waals surface area contributed by atoms with Gasteiger partial charge in [0, 0.05) is 21.8 Å². The third-order valence-electron chi connectivity index (χ3n) is 3.09. The Labute approximate surface area is 124 Å². The van der Waals surface area contributed by atoms with Gasteiger partial charge < -0.3 is 4.74 Å². The zero-order chi connectivity index (χ0) is 14.5. The summed E-state index contributed by atoms with van der Waals surface area (Å²) in [5.41, 5.74) is 3.17. The van der Waals surface area contributed by atoms with Crippen molar-refractivity contribution in [3.05, 3.63) is 59.2 Å². The molecule has 2 aromatic carbocycles. The minimum Gasteiger partial charge on any atom is -0.496 e. The molecule has 0 fully saturated rings. The third-order valence-corrected chi connectivity index (χ3v) is 4.15. The van der Waals surface area contributed by atoms with Crippen molar-refractivity contribution < 1.29 is 9.53 Å². The summed E-state index contributed by atoms with van der Waals surface area (Å²) >= 11 is 1.74. The summed E-state index contributed by atoms with van der Waals surface area (Å²) < 4.78 is 5.38. The topological polar surface area (TPSA) is 26.3 Å². The number of thioether (sulfide) groups is 1. The van der Waals surface area contributed by atoms with Gasteiger partial charge in [0.1, 0.15) is 5.75 Å². The molecule has 2 aromatic rings. The average molecular weight is 286 g/mol. The first-order valence-corrected chi connectivity index (χ1v) is 7.46. The molecule has 20 heavy (non-hydrogen) atoms. The maximum atomic E-state index is 11.2. The molecule has 0 aliphatic carbocycles. The molecule has 2 rings (SSSR count).